The second kappa shape index (κ2) is 6.70. The van der Waals surface area contributed by atoms with Crippen LogP contribution in [0.1, 0.15) is 59.8 Å². The van der Waals surface area contributed by atoms with Crippen molar-refractivity contribution in [3.8, 4) is 0 Å². The number of esters is 1. The van der Waals surface area contributed by atoms with Crippen LogP contribution < -0.4 is 0 Å². The first-order valence-corrected chi connectivity index (χ1v) is 10.2. The van der Waals surface area contributed by atoms with Crippen LogP contribution >= 0.6 is 0 Å². The van der Waals surface area contributed by atoms with Crippen LogP contribution in [0.2, 0.25) is 0 Å². The molecule has 3 rings (SSSR count). The lowest BCUT2D eigenvalue weighted by Gasteiger charge is -2.61. The topological polar surface area (TPSA) is 83.8 Å². The third-order valence-electron chi connectivity index (χ3n) is 8.70. The first-order chi connectivity index (χ1) is 12.6. The average molecular weight is 379 g/mol. The zero-order valence-corrected chi connectivity index (χ0v) is 17.0. The third-order valence-corrected chi connectivity index (χ3v) is 8.70. The van der Waals surface area contributed by atoms with Gasteiger partial charge in [0.1, 0.15) is 18.5 Å². The zero-order chi connectivity index (χ0) is 20.2. The molecule has 152 valence electrons. The van der Waals surface area contributed by atoms with E-state index in [-0.39, 0.29) is 29.0 Å². The molecule has 0 amide bonds. The van der Waals surface area contributed by atoms with Gasteiger partial charge < -0.3 is 14.9 Å². The first-order valence-electron chi connectivity index (χ1n) is 10.2. The SMILES string of the molecule is C=C[C@@]1(C)C[C@@H](OC(=O)CO)[C@]2(C)[C@@H]3C(=O)CC[C@]3(CC[C@@H]2C)[C@@H](C)[C@@H]1O. The number of ether oxygens (including phenoxy) is 1. The van der Waals surface area contributed by atoms with E-state index in [9.17, 15) is 19.8 Å². The van der Waals surface area contributed by atoms with Gasteiger partial charge in [-0.15, -0.1) is 6.58 Å². The van der Waals surface area contributed by atoms with Gasteiger partial charge in [0.15, 0.2) is 0 Å². The number of aliphatic hydroxyl groups is 2. The van der Waals surface area contributed by atoms with E-state index in [0.717, 1.165) is 19.3 Å². The fourth-order valence-electron chi connectivity index (χ4n) is 6.70. The molecule has 3 aliphatic rings. The van der Waals surface area contributed by atoms with E-state index in [4.69, 9.17) is 4.74 Å². The maximum Gasteiger partial charge on any atom is 0.332 e. The van der Waals surface area contributed by atoms with Crippen LogP contribution in [0.4, 0.5) is 0 Å². The molecule has 3 aliphatic carbocycles. The van der Waals surface area contributed by atoms with Gasteiger partial charge in [0.2, 0.25) is 0 Å². The van der Waals surface area contributed by atoms with E-state index in [1.54, 1.807) is 6.08 Å². The van der Waals surface area contributed by atoms with Gasteiger partial charge in [-0.05, 0) is 42.9 Å². The summed E-state index contributed by atoms with van der Waals surface area (Å²) in [7, 11) is 0. The molecule has 2 bridgehead atoms. The van der Waals surface area contributed by atoms with Crippen LogP contribution in [0, 0.1) is 34.0 Å². The number of carbonyl (C=O) groups is 2. The monoisotopic (exact) mass is 378 g/mol. The number of Topliss-reactive ketones (excluding diaryl/α,β-unsaturated/α-hetero) is 1. The molecule has 0 unspecified atom stereocenters. The Balaban J connectivity index is 2.21. The standard InChI is InChI=1S/C22H34O5/c1-6-20(4)11-16(27-17(25)12-23)21(5)13(2)7-9-22(14(3)19(20)26)10-8-15(24)18(21)22/h6,13-14,16,18-19,23,26H,1,7-12H2,2-5H3/t13-,14-,16+,18-,19-,20-,21+,22+/m0/s1. The molecule has 0 radical (unpaired) electrons. The molecule has 0 aliphatic heterocycles. The van der Waals surface area contributed by atoms with Gasteiger partial charge in [-0.2, -0.15) is 0 Å². The highest BCUT2D eigenvalue weighted by atomic mass is 16.6. The number of aliphatic hydroxyl groups excluding tert-OH is 2. The smallest absolute Gasteiger partial charge is 0.332 e. The summed E-state index contributed by atoms with van der Waals surface area (Å²) in [6, 6.07) is 0. The predicted octanol–water partition coefficient (Wildman–Crippen LogP) is 2.89. The highest BCUT2D eigenvalue weighted by Gasteiger charge is 2.68. The molecule has 27 heavy (non-hydrogen) atoms. The Bertz CT molecular complexity index is 645. The van der Waals surface area contributed by atoms with Crippen LogP contribution in [0.3, 0.4) is 0 Å². The van der Waals surface area contributed by atoms with Crippen molar-refractivity contribution in [1.82, 2.24) is 0 Å². The summed E-state index contributed by atoms with van der Waals surface area (Å²) >= 11 is 0. The minimum absolute atomic E-state index is 0.0433. The second-order valence-corrected chi connectivity index (χ2v) is 9.72. The third kappa shape index (κ3) is 2.72. The lowest BCUT2D eigenvalue weighted by atomic mass is 9.44. The first kappa shape index (κ1) is 20.5. The molecule has 5 heteroatoms. The Labute approximate surface area is 162 Å². The molecular weight excluding hydrogens is 344 g/mol. The fourth-order valence-corrected chi connectivity index (χ4v) is 6.70. The van der Waals surface area contributed by atoms with E-state index in [1.165, 1.54) is 0 Å². The highest BCUT2D eigenvalue weighted by Crippen LogP contribution is 2.67. The number of hydrogen-bond donors (Lipinski definition) is 2. The van der Waals surface area contributed by atoms with Crippen molar-refractivity contribution in [1.29, 1.82) is 0 Å². The van der Waals surface area contributed by atoms with Gasteiger partial charge in [-0.3, -0.25) is 4.79 Å². The molecule has 0 aromatic heterocycles. The fraction of sp³-hybridized carbons (Fsp3) is 0.818. The Kier molecular flexibility index (Phi) is 5.09. The van der Waals surface area contributed by atoms with Gasteiger partial charge in [0.25, 0.3) is 0 Å². The molecular formula is C22H34O5. The van der Waals surface area contributed by atoms with E-state index in [0.29, 0.717) is 12.8 Å². The lowest BCUT2D eigenvalue weighted by Crippen LogP contribution is -2.63. The van der Waals surface area contributed by atoms with E-state index >= 15 is 0 Å². The van der Waals surface area contributed by atoms with E-state index < -0.39 is 35.6 Å². The highest BCUT2D eigenvalue weighted by molar-refractivity contribution is 5.85. The minimum atomic E-state index is -0.686. The molecule has 0 aromatic rings. The molecule has 5 nitrogen and oxygen atoms in total. The van der Waals surface area contributed by atoms with Crippen LogP contribution in [0.15, 0.2) is 12.7 Å². The number of carbonyl (C=O) groups excluding carboxylic acids is 2. The van der Waals surface area contributed by atoms with Crippen molar-refractivity contribution in [3.05, 3.63) is 12.7 Å². The molecule has 0 saturated heterocycles. The summed E-state index contributed by atoms with van der Waals surface area (Å²) in [4.78, 5) is 25.2. The van der Waals surface area contributed by atoms with Crippen LogP contribution in [0.5, 0.6) is 0 Å². The lowest BCUT2D eigenvalue weighted by molar-refractivity contribution is -0.207. The molecule has 2 N–H and O–H groups in total. The van der Waals surface area contributed by atoms with Gasteiger partial charge in [0.05, 0.1) is 6.10 Å². The van der Waals surface area contributed by atoms with Gasteiger partial charge in [-0.1, -0.05) is 33.8 Å². The summed E-state index contributed by atoms with van der Waals surface area (Å²) in [6.45, 7) is 11.5. The maximum absolute atomic E-state index is 13.1. The normalized spacial score (nSPS) is 49.7. The van der Waals surface area contributed by atoms with Crippen LogP contribution in [-0.2, 0) is 14.3 Å². The summed E-state index contributed by atoms with van der Waals surface area (Å²) in [5, 5.41) is 20.6. The largest absolute Gasteiger partial charge is 0.460 e. The van der Waals surface area contributed by atoms with Crippen molar-refractivity contribution < 1.29 is 24.5 Å². The Morgan fingerprint density at radius 3 is 2.59 bits per heavy atom. The van der Waals surface area contributed by atoms with Gasteiger partial charge in [-0.25, -0.2) is 4.79 Å². The summed E-state index contributed by atoms with van der Waals surface area (Å²) in [5.41, 5.74) is -1.43. The molecule has 0 heterocycles. The Morgan fingerprint density at radius 1 is 1.33 bits per heavy atom. The Morgan fingerprint density at radius 2 is 2.00 bits per heavy atom. The maximum atomic E-state index is 13.1. The van der Waals surface area contributed by atoms with Crippen molar-refractivity contribution in [2.24, 2.45) is 34.0 Å². The van der Waals surface area contributed by atoms with E-state index in [1.807, 2.05) is 6.92 Å². The molecule has 3 fully saturated rings. The predicted molar refractivity (Wildman–Crippen MR) is 102 cm³/mol. The van der Waals surface area contributed by atoms with Crippen LogP contribution in [0.25, 0.3) is 0 Å². The van der Waals surface area contributed by atoms with Crippen LogP contribution in [-0.4, -0.2) is 40.8 Å². The number of rotatable bonds is 3. The molecule has 3 saturated carbocycles. The zero-order valence-electron chi connectivity index (χ0n) is 17.0. The van der Waals surface area contributed by atoms with Gasteiger partial charge in [0, 0.05) is 23.2 Å². The van der Waals surface area contributed by atoms with Gasteiger partial charge >= 0.3 is 5.97 Å². The van der Waals surface area contributed by atoms with Crippen molar-refractivity contribution in [3.63, 3.8) is 0 Å². The van der Waals surface area contributed by atoms with E-state index in [2.05, 4.69) is 27.4 Å². The minimum Gasteiger partial charge on any atom is -0.460 e. The number of hydrogen-bond acceptors (Lipinski definition) is 5. The number of ketones is 1. The Hall–Kier alpha value is -1.20. The summed E-state index contributed by atoms with van der Waals surface area (Å²) in [5.74, 6) is -0.520. The average Bonchev–Trinajstić information content (AvgIpc) is 3.00. The molecule has 0 aromatic carbocycles. The van der Waals surface area contributed by atoms with Crippen molar-refractivity contribution >= 4 is 11.8 Å². The summed E-state index contributed by atoms with van der Waals surface area (Å²) < 4.78 is 5.77. The van der Waals surface area contributed by atoms with Crippen molar-refractivity contribution in [2.75, 3.05) is 6.61 Å². The summed E-state index contributed by atoms with van der Waals surface area (Å²) in [6.07, 6.45) is 4.10. The second-order valence-electron chi connectivity index (χ2n) is 9.72. The molecule has 0 spiro atoms. The quantitative estimate of drug-likeness (QED) is 0.583. The molecule has 8 atom stereocenters. The van der Waals surface area contributed by atoms with Crippen molar-refractivity contribution in [2.45, 2.75) is 72.0 Å².